The predicted molar refractivity (Wildman–Crippen MR) is 102 cm³/mol. The monoisotopic (exact) mass is 423 g/mol. The fraction of sp³-hybridized carbons (Fsp3) is 0.316. The molecule has 1 fully saturated rings. The molecule has 0 radical (unpaired) electrons. The van der Waals surface area contributed by atoms with E-state index in [1.54, 1.807) is 12.1 Å². The van der Waals surface area contributed by atoms with Crippen LogP contribution >= 0.6 is 0 Å². The summed E-state index contributed by atoms with van der Waals surface area (Å²) in [6, 6.07) is 11.6. The number of carbonyl (C=O) groups excluding carboxylic acids is 1. The zero-order valence-corrected chi connectivity index (χ0v) is 16.3. The molecule has 3 rings (SSSR count). The number of ether oxygens (including phenoxy) is 1. The highest BCUT2D eigenvalue weighted by Crippen LogP contribution is 2.29. The van der Waals surface area contributed by atoms with E-state index in [4.69, 9.17) is 15.7 Å². The number of piperidine rings is 1. The topological polar surface area (TPSA) is 131 Å². The molecule has 0 spiro atoms. The van der Waals surface area contributed by atoms with Crippen molar-refractivity contribution in [1.82, 2.24) is 10.8 Å². The maximum absolute atomic E-state index is 13.1. The first-order valence-electron chi connectivity index (χ1n) is 8.93. The molecule has 1 amide bonds. The van der Waals surface area contributed by atoms with Crippen LogP contribution in [0.3, 0.4) is 0 Å². The molecule has 2 atom stereocenters. The van der Waals surface area contributed by atoms with Crippen LogP contribution in [0.4, 0.5) is 4.39 Å². The molecule has 0 bridgehead atoms. The third-order valence-electron chi connectivity index (χ3n) is 4.95. The van der Waals surface area contributed by atoms with Gasteiger partial charge in [-0.05, 0) is 54.9 Å². The van der Waals surface area contributed by atoms with Crippen LogP contribution in [0.1, 0.15) is 12.0 Å². The van der Waals surface area contributed by atoms with Crippen molar-refractivity contribution in [2.75, 3.05) is 13.1 Å². The SMILES string of the molecule is NC1(C(=O)NO)CNCCC1S(=O)(=O)c1ccc(OCc2ccc(F)cc2)cc1. The molecule has 2 unspecified atom stereocenters. The Hall–Kier alpha value is -2.53. The van der Waals surface area contributed by atoms with Gasteiger partial charge in [0.1, 0.15) is 23.7 Å². The molecule has 10 heteroatoms. The lowest BCUT2D eigenvalue weighted by atomic mass is 9.90. The number of halogens is 1. The maximum atomic E-state index is 13.1. The average molecular weight is 423 g/mol. The molecule has 0 aliphatic carbocycles. The Kier molecular flexibility index (Phi) is 6.18. The molecule has 156 valence electrons. The third kappa shape index (κ3) is 4.40. The number of carbonyl (C=O) groups is 1. The van der Waals surface area contributed by atoms with Crippen molar-refractivity contribution in [2.45, 2.75) is 28.7 Å². The largest absolute Gasteiger partial charge is 0.489 e. The van der Waals surface area contributed by atoms with Gasteiger partial charge in [-0.25, -0.2) is 18.3 Å². The number of sulfone groups is 1. The standard InChI is InChI=1S/C19H22FN3O5S/c20-14-3-1-13(2-4-14)11-28-15-5-7-16(8-6-15)29(26,27)17-9-10-22-12-19(17,21)18(24)23-25/h1-8,17,22,25H,9-12,21H2,(H,23,24). The summed E-state index contributed by atoms with van der Waals surface area (Å²) < 4.78 is 44.7. The Morgan fingerprint density at radius 3 is 2.52 bits per heavy atom. The van der Waals surface area contributed by atoms with Gasteiger partial charge in [-0.15, -0.1) is 0 Å². The number of benzene rings is 2. The van der Waals surface area contributed by atoms with Crippen LogP contribution in [0.15, 0.2) is 53.4 Å². The normalized spacial score (nSPS) is 22.1. The zero-order valence-electron chi connectivity index (χ0n) is 15.5. The van der Waals surface area contributed by atoms with Crippen LogP contribution < -0.4 is 21.3 Å². The summed E-state index contributed by atoms with van der Waals surface area (Å²) in [5, 5.41) is 10.7. The van der Waals surface area contributed by atoms with E-state index in [1.165, 1.54) is 41.9 Å². The van der Waals surface area contributed by atoms with Crippen molar-refractivity contribution in [2.24, 2.45) is 5.73 Å². The van der Waals surface area contributed by atoms with Crippen molar-refractivity contribution in [1.29, 1.82) is 0 Å². The van der Waals surface area contributed by atoms with Crippen LogP contribution in [0.25, 0.3) is 0 Å². The highest BCUT2D eigenvalue weighted by atomic mass is 32.2. The van der Waals surface area contributed by atoms with Crippen molar-refractivity contribution in [3.8, 4) is 5.75 Å². The lowest BCUT2D eigenvalue weighted by molar-refractivity contribution is -0.135. The number of nitrogens with two attached hydrogens (primary N) is 1. The van der Waals surface area contributed by atoms with E-state index in [2.05, 4.69) is 5.32 Å². The zero-order chi connectivity index (χ0) is 21.1. The minimum Gasteiger partial charge on any atom is -0.489 e. The van der Waals surface area contributed by atoms with Gasteiger partial charge in [-0.3, -0.25) is 10.0 Å². The van der Waals surface area contributed by atoms with Gasteiger partial charge in [0.15, 0.2) is 9.84 Å². The summed E-state index contributed by atoms with van der Waals surface area (Å²) in [6.07, 6.45) is 0.120. The maximum Gasteiger partial charge on any atom is 0.266 e. The summed E-state index contributed by atoms with van der Waals surface area (Å²) in [5.74, 6) is -0.865. The Labute approximate surface area is 167 Å². The van der Waals surface area contributed by atoms with Crippen LogP contribution in [0, 0.1) is 5.82 Å². The molecule has 1 aliphatic heterocycles. The molecule has 0 saturated carbocycles. The van der Waals surface area contributed by atoms with Gasteiger partial charge in [-0.2, -0.15) is 0 Å². The first kappa shape index (κ1) is 21.2. The van der Waals surface area contributed by atoms with Crippen LogP contribution in [0.2, 0.25) is 0 Å². The van der Waals surface area contributed by atoms with Gasteiger partial charge in [-0.1, -0.05) is 12.1 Å². The van der Waals surface area contributed by atoms with Crippen molar-refractivity contribution in [3.05, 3.63) is 59.9 Å². The predicted octanol–water partition coefficient (Wildman–Crippen LogP) is 0.743. The summed E-state index contributed by atoms with van der Waals surface area (Å²) >= 11 is 0. The number of nitrogens with one attached hydrogen (secondary N) is 2. The molecule has 1 heterocycles. The van der Waals surface area contributed by atoms with Crippen molar-refractivity contribution in [3.63, 3.8) is 0 Å². The molecular weight excluding hydrogens is 401 g/mol. The highest BCUT2D eigenvalue weighted by Gasteiger charge is 2.50. The summed E-state index contributed by atoms with van der Waals surface area (Å²) in [5.41, 5.74) is 6.49. The Bertz CT molecular complexity index is 966. The molecule has 1 aliphatic rings. The van der Waals surface area contributed by atoms with Gasteiger partial charge >= 0.3 is 0 Å². The van der Waals surface area contributed by atoms with Crippen LogP contribution in [-0.4, -0.2) is 43.4 Å². The van der Waals surface area contributed by atoms with Gasteiger partial charge in [0.25, 0.3) is 5.91 Å². The van der Waals surface area contributed by atoms with E-state index in [0.29, 0.717) is 12.3 Å². The van der Waals surface area contributed by atoms with Crippen molar-refractivity contribution >= 4 is 15.7 Å². The van der Waals surface area contributed by atoms with Crippen LogP contribution in [-0.2, 0) is 21.2 Å². The summed E-state index contributed by atoms with van der Waals surface area (Å²) in [7, 11) is -3.95. The average Bonchev–Trinajstić information content (AvgIpc) is 2.73. The first-order chi connectivity index (χ1) is 13.8. The first-order valence-corrected chi connectivity index (χ1v) is 10.5. The van der Waals surface area contributed by atoms with E-state index in [-0.39, 0.29) is 30.3 Å². The van der Waals surface area contributed by atoms with E-state index in [1.807, 2.05) is 0 Å². The van der Waals surface area contributed by atoms with E-state index < -0.39 is 26.5 Å². The fourth-order valence-corrected chi connectivity index (χ4v) is 5.32. The number of hydrogen-bond donors (Lipinski definition) is 4. The minimum absolute atomic E-state index is 0.000836. The second kappa shape index (κ2) is 8.46. The molecule has 5 N–H and O–H groups in total. The third-order valence-corrected chi connectivity index (χ3v) is 7.28. The lowest BCUT2D eigenvalue weighted by Crippen LogP contribution is -2.70. The fourth-order valence-electron chi connectivity index (χ4n) is 3.30. The molecule has 2 aromatic carbocycles. The molecular formula is C19H22FN3O5S. The number of amides is 1. The van der Waals surface area contributed by atoms with Gasteiger partial charge < -0.3 is 15.8 Å². The summed E-state index contributed by atoms with van der Waals surface area (Å²) in [6.45, 7) is 0.492. The highest BCUT2D eigenvalue weighted by molar-refractivity contribution is 7.92. The molecule has 1 saturated heterocycles. The Morgan fingerprint density at radius 1 is 1.24 bits per heavy atom. The Morgan fingerprint density at radius 2 is 1.90 bits per heavy atom. The lowest BCUT2D eigenvalue weighted by Gasteiger charge is -2.38. The quantitative estimate of drug-likeness (QED) is 0.398. The molecule has 29 heavy (non-hydrogen) atoms. The Balaban J connectivity index is 1.76. The number of rotatable bonds is 6. The van der Waals surface area contributed by atoms with Crippen molar-refractivity contribution < 1.29 is 27.5 Å². The number of hydroxylamine groups is 1. The minimum atomic E-state index is -3.95. The number of hydrogen-bond acceptors (Lipinski definition) is 7. The second-order valence-electron chi connectivity index (χ2n) is 6.87. The van der Waals surface area contributed by atoms with Gasteiger partial charge in [0.2, 0.25) is 0 Å². The van der Waals surface area contributed by atoms with Crippen LogP contribution in [0.5, 0.6) is 5.75 Å². The second-order valence-corrected chi connectivity index (χ2v) is 9.00. The van der Waals surface area contributed by atoms with E-state index in [0.717, 1.165) is 5.56 Å². The molecule has 2 aromatic rings. The van der Waals surface area contributed by atoms with Gasteiger partial charge in [0, 0.05) is 6.54 Å². The van der Waals surface area contributed by atoms with Gasteiger partial charge in [0.05, 0.1) is 10.1 Å². The smallest absolute Gasteiger partial charge is 0.266 e. The molecule has 8 nitrogen and oxygen atoms in total. The van der Waals surface area contributed by atoms with E-state index >= 15 is 0 Å². The summed E-state index contributed by atoms with van der Waals surface area (Å²) in [4.78, 5) is 12.0. The van der Waals surface area contributed by atoms with E-state index in [9.17, 15) is 17.6 Å². The molecule has 0 aromatic heterocycles.